The van der Waals surface area contributed by atoms with E-state index in [0.29, 0.717) is 5.69 Å². The molecule has 0 radical (unpaired) electrons. The molecule has 4 amide bonds. The number of nitrogens with zero attached hydrogens (tertiary/aromatic N) is 2. The Morgan fingerprint density at radius 1 is 1.32 bits per heavy atom. The maximum absolute atomic E-state index is 12.4. The van der Waals surface area contributed by atoms with Gasteiger partial charge in [-0.2, -0.15) is 0 Å². The summed E-state index contributed by atoms with van der Waals surface area (Å²) in [5.74, 6) is 0.112. The highest BCUT2D eigenvalue weighted by Gasteiger charge is 2.30. The minimum Gasteiger partial charge on any atom is -0.325 e. The molecule has 3 heterocycles. The van der Waals surface area contributed by atoms with Crippen LogP contribution in [0.5, 0.6) is 0 Å². The summed E-state index contributed by atoms with van der Waals surface area (Å²) in [7, 11) is 0. The Bertz CT molecular complexity index is 841. The second-order valence-corrected chi connectivity index (χ2v) is 6.83. The zero-order valence-electron chi connectivity index (χ0n) is 13.1. The van der Waals surface area contributed by atoms with Gasteiger partial charge in [-0.15, -0.1) is 0 Å². The van der Waals surface area contributed by atoms with Gasteiger partial charge in [-0.3, -0.25) is 14.9 Å². The molecule has 1 aromatic heterocycles. The number of hydrogen-bond acceptors (Lipinski definition) is 5. The van der Waals surface area contributed by atoms with Crippen LogP contribution in [0.3, 0.4) is 0 Å². The number of hydrogen-bond donors (Lipinski definition) is 3. The van der Waals surface area contributed by atoms with Gasteiger partial charge in [0.25, 0.3) is 0 Å². The topological polar surface area (TPSA) is 105 Å². The molecule has 2 aromatic rings. The zero-order chi connectivity index (χ0) is 17.4. The molecule has 4 rings (SSSR count). The van der Waals surface area contributed by atoms with E-state index in [2.05, 4.69) is 25.5 Å². The fourth-order valence-corrected chi connectivity index (χ4v) is 3.78. The number of anilines is 1. The number of thioether (sulfide) groups is 1. The van der Waals surface area contributed by atoms with Crippen molar-refractivity contribution in [1.29, 1.82) is 0 Å². The van der Waals surface area contributed by atoms with Gasteiger partial charge in [0.15, 0.2) is 5.16 Å². The monoisotopic (exact) mass is 357 g/mol. The van der Waals surface area contributed by atoms with Gasteiger partial charge in [0.2, 0.25) is 11.8 Å². The SMILES string of the molecule is O=C1CC(C(=O)Nc2ccccc2-c2cn3c(n2)SCC3)NC(=O)N1. The van der Waals surface area contributed by atoms with Crippen LogP contribution < -0.4 is 16.0 Å². The summed E-state index contributed by atoms with van der Waals surface area (Å²) >= 11 is 1.70. The summed E-state index contributed by atoms with van der Waals surface area (Å²) in [6, 6.07) is 5.78. The van der Waals surface area contributed by atoms with Gasteiger partial charge in [0, 0.05) is 24.1 Å². The predicted molar refractivity (Wildman–Crippen MR) is 92.1 cm³/mol. The molecule has 25 heavy (non-hydrogen) atoms. The Hall–Kier alpha value is -2.81. The Morgan fingerprint density at radius 3 is 2.96 bits per heavy atom. The van der Waals surface area contributed by atoms with Gasteiger partial charge >= 0.3 is 6.03 Å². The minimum atomic E-state index is -0.892. The maximum Gasteiger partial charge on any atom is 0.322 e. The first-order chi connectivity index (χ1) is 12.1. The number of nitrogens with one attached hydrogen (secondary N) is 3. The van der Waals surface area contributed by atoms with Gasteiger partial charge in [0.1, 0.15) is 6.04 Å². The molecule has 1 saturated heterocycles. The minimum absolute atomic E-state index is 0.0881. The number of rotatable bonds is 3. The van der Waals surface area contributed by atoms with Crippen LogP contribution >= 0.6 is 11.8 Å². The quantitative estimate of drug-likeness (QED) is 0.765. The lowest BCUT2D eigenvalue weighted by Gasteiger charge is -2.22. The van der Waals surface area contributed by atoms with Crippen molar-refractivity contribution in [2.24, 2.45) is 0 Å². The molecule has 1 atom stereocenters. The highest BCUT2D eigenvalue weighted by molar-refractivity contribution is 7.99. The van der Waals surface area contributed by atoms with Crippen LogP contribution in [0.15, 0.2) is 35.6 Å². The molecule has 1 aromatic carbocycles. The van der Waals surface area contributed by atoms with Crippen molar-refractivity contribution in [3.05, 3.63) is 30.5 Å². The van der Waals surface area contributed by atoms with Crippen molar-refractivity contribution in [1.82, 2.24) is 20.2 Å². The van der Waals surface area contributed by atoms with Gasteiger partial charge in [-0.1, -0.05) is 30.0 Å². The molecule has 2 aliphatic heterocycles. The number of aryl methyl sites for hydroxylation is 1. The predicted octanol–water partition coefficient (Wildman–Crippen LogP) is 1.19. The lowest BCUT2D eigenvalue weighted by atomic mass is 10.1. The molecular formula is C16H15N5O3S. The molecule has 2 aliphatic rings. The third-order valence-electron chi connectivity index (χ3n) is 4.03. The van der Waals surface area contributed by atoms with Crippen molar-refractivity contribution in [3.63, 3.8) is 0 Å². The van der Waals surface area contributed by atoms with Gasteiger partial charge in [-0.25, -0.2) is 9.78 Å². The Morgan fingerprint density at radius 2 is 2.16 bits per heavy atom. The average Bonchev–Trinajstić information content (AvgIpc) is 3.16. The van der Waals surface area contributed by atoms with E-state index in [4.69, 9.17) is 0 Å². The van der Waals surface area contributed by atoms with Gasteiger partial charge < -0.3 is 15.2 Å². The van der Waals surface area contributed by atoms with E-state index < -0.39 is 23.9 Å². The highest BCUT2D eigenvalue weighted by atomic mass is 32.2. The number of aromatic nitrogens is 2. The maximum atomic E-state index is 12.4. The molecule has 128 valence electrons. The van der Waals surface area contributed by atoms with E-state index in [1.54, 1.807) is 17.8 Å². The third-order valence-corrected chi connectivity index (χ3v) is 5.00. The first-order valence-electron chi connectivity index (χ1n) is 7.81. The van der Waals surface area contributed by atoms with E-state index in [-0.39, 0.29) is 6.42 Å². The molecule has 1 fully saturated rings. The number of amides is 4. The lowest BCUT2D eigenvalue weighted by Crippen LogP contribution is -2.56. The largest absolute Gasteiger partial charge is 0.325 e. The number of urea groups is 1. The summed E-state index contributed by atoms with van der Waals surface area (Å²) in [5, 5.41) is 8.31. The van der Waals surface area contributed by atoms with E-state index in [9.17, 15) is 14.4 Å². The second kappa shape index (κ2) is 6.25. The number of benzene rings is 1. The molecular weight excluding hydrogens is 342 g/mol. The van der Waals surface area contributed by atoms with E-state index in [1.165, 1.54) is 0 Å². The van der Waals surface area contributed by atoms with Crippen molar-refractivity contribution in [2.75, 3.05) is 11.1 Å². The van der Waals surface area contributed by atoms with Crippen LogP contribution in [0, 0.1) is 0 Å². The lowest BCUT2D eigenvalue weighted by molar-refractivity contribution is -0.126. The normalized spacial score (nSPS) is 19.1. The number of imidazole rings is 1. The van der Waals surface area contributed by atoms with Crippen LogP contribution in [0.25, 0.3) is 11.3 Å². The molecule has 8 nitrogen and oxygen atoms in total. The van der Waals surface area contributed by atoms with Crippen LogP contribution in [0.2, 0.25) is 0 Å². The molecule has 0 bridgehead atoms. The van der Waals surface area contributed by atoms with Crippen molar-refractivity contribution in [3.8, 4) is 11.3 Å². The second-order valence-electron chi connectivity index (χ2n) is 5.76. The van der Waals surface area contributed by atoms with Crippen LogP contribution in [-0.2, 0) is 16.1 Å². The number of carbonyl (C=O) groups excluding carboxylic acids is 3. The Labute approximate surface area is 147 Å². The van der Waals surface area contributed by atoms with Crippen molar-refractivity contribution in [2.45, 2.75) is 24.2 Å². The Balaban J connectivity index is 1.57. The molecule has 0 aliphatic carbocycles. The number of imide groups is 1. The molecule has 0 saturated carbocycles. The first-order valence-corrected chi connectivity index (χ1v) is 8.79. The summed E-state index contributed by atoms with van der Waals surface area (Å²) in [6.45, 7) is 0.921. The average molecular weight is 357 g/mol. The Kier molecular flexibility index (Phi) is 3.92. The van der Waals surface area contributed by atoms with E-state index >= 15 is 0 Å². The molecule has 3 N–H and O–H groups in total. The molecule has 1 unspecified atom stereocenters. The molecule has 0 spiro atoms. The summed E-state index contributed by atoms with van der Waals surface area (Å²) in [6.07, 6.45) is 1.88. The highest BCUT2D eigenvalue weighted by Crippen LogP contribution is 2.32. The van der Waals surface area contributed by atoms with Gasteiger partial charge in [0.05, 0.1) is 17.8 Å². The summed E-state index contributed by atoms with van der Waals surface area (Å²) < 4.78 is 2.09. The van der Waals surface area contributed by atoms with Gasteiger partial charge in [-0.05, 0) is 6.07 Å². The number of para-hydroxylation sites is 1. The van der Waals surface area contributed by atoms with E-state index in [0.717, 1.165) is 28.7 Å². The molecule has 9 heteroatoms. The zero-order valence-corrected chi connectivity index (χ0v) is 13.9. The van der Waals surface area contributed by atoms with E-state index in [1.807, 2.05) is 24.4 Å². The summed E-state index contributed by atoms with van der Waals surface area (Å²) in [4.78, 5) is 39.9. The van der Waals surface area contributed by atoms with Crippen LogP contribution in [0.1, 0.15) is 6.42 Å². The van der Waals surface area contributed by atoms with Crippen molar-refractivity contribution >= 4 is 35.3 Å². The number of fused-ring (bicyclic) bond motifs is 1. The third kappa shape index (κ3) is 3.10. The first kappa shape index (κ1) is 15.7. The van der Waals surface area contributed by atoms with Crippen molar-refractivity contribution < 1.29 is 14.4 Å². The summed E-state index contributed by atoms with van der Waals surface area (Å²) in [5.41, 5.74) is 2.17. The smallest absolute Gasteiger partial charge is 0.322 e. The fourth-order valence-electron chi connectivity index (χ4n) is 2.84. The van der Waals surface area contributed by atoms with Crippen LogP contribution in [0.4, 0.5) is 10.5 Å². The van der Waals surface area contributed by atoms with Crippen LogP contribution in [-0.4, -0.2) is 39.2 Å². The number of carbonyl (C=O) groups is 3. The fraction of sp³-hybridized carbons (Fsp3) is 0.250. The standard InChI is InChI=1S/C16H15N5O3S/c22-13-7-11(18-15(24)20-13)14(23)17-10-4-2-1-3-9(10)12-8-21-5-6-25-16(21)19-12/h1-4,8,11H,5-7H2,(H,17,23)(H2,18,20,22,24).